The van der Waals surface area contributed by atoms with Crippen molar-refractivity contribution in [2.45, 2.75) is 58.8 Å². The largest absolute Gasteiger partial charge is 0.384 e. The molecule has 0 saturated carbocycles. The van der Waals surface area contributed by atoms with Crippen LogP contribution < -0.4 is 5.73 Å². The third-order valence-electron chi connectivity index (χ3n) is 6.00. The number of rotatable bonds is 10. The van der Waals surface area contributed by atoms with Gasteiger partial charge in [-0.1, -0.05) is 51.1 Å². The maximum atomic E-state index is 14.7. The summed E-state index contributed by atoms with van der Waals surface area (Å²) >= 11 is 0. The predicted molar refractivity (Wildman–Crippen MR) is 135 cm³/mol. The number of aliphatic hydroxyl groups is 1. The molecule has 0 fully saturated rings. The summed E-state index contributed by atoms with van der Waals surface area (Å²) in [6, 6.07) is 10.9. The summed E-state index contributed by atoms with van der Waals surface area (Å²) in [5.41, 5.74) is 5.91. The maximum Gasteiger partial charge on any atom is 0.251 e. The second-order valence-electron chi connectivity index (χ2n) is 10.2. The Morgan fingerprint density at radius 3 is 2.43 bits per heavy atom. The zero-order valence-corrected chi connectivity index (χ0v) is 21.5. The molecule has 1 aromatic heterocycles. The highest BCUT2D eigenvalue weighted by Gasteiger charge is 2.40. The number of halogens is 3. The van der Waals surface area contributed by atoms with Gasteiger partial charge in [-0.15, -0.1) is 0 Å². The average Bonchev–Trinajstić information content (AvgIpc) is 3.24. The van der Waals surface area contributed by atoms with Crippen LogP contribution in [-0.2, 0) is 11.3 Å². The van der Waals surface area contributed by atoms with Crippen molar-refractivity contribution in [1.82, 2.24) is 19.7 Å². The van der Waals surface area contributed by atoms with Gasteiger partial charge in [0.1, 0.15) is 24.4 Å². The van der Waals surface area contributed by atoms with Gasteiger partial charge in [0.25, 0.3) is 5.91 Å². The molecule has 10 heteroatoms. The number of nitrogens with two attached hydrogens (primary N) is 1. The van der Waals surface area contributed by atoms with Gasteiger partial charge < -0.3 is 15.7 Å². The van der Waals surface area contributed by atoms with Gasteiger partial charge in [-0.05, 0) is 42.5 Å². The normalized spacial score (nSPS) is 14.3. The van der Waals surface area contributed by atoms with Crippen LogP contribution in [0.2, 0.25) is 0 Å². The number of carbonyl (C=O) groups is 1. The minimum absolute atomic E-state index is 0.0397. The summed E-state index contributed by atoms with van der Waals surface area (Å²) in [5.74, 6) is -1.64. The maximum absolute atomic E-state index is 14.7. The van der Waals surface area contributed by atoms with E-state index in [-0.39, 0.29) is 30.9 Å². The quantitative estimate of drug-likeness (QED) is 0.419. The molecule has 0 unspecified atom stereocenters. The SMILES string of the molecule is C[C@H](O)C(=O)N(CC[C@@H](N)CF)[C@@H](c1nc(-c2cc(F)ccc2F)nn1Cc1ccccc1)C(C)(C)C. The topological polar surface area (TPSA) is 97.3 Å². The summed E-state index contributed by atoms with van der Waals surface area (Å²) < 4.78 is 43.4. The van der Waals surface area contributed by atoms with Crippen LogP contribution in [0.25, 0.3) is 11.4 Å². The van der Waals surface area contributed by atoms with Crippen molar-refractivity contribution in [2.24, 2.45) is 11.1 Å². The number of hydrogen-bond donors (Lipinski definition) is 2. The molecule has 0 aliphatic rings. The monoisotopic (exact) mass is 517 g/mol. The van der Waals surface area contributed by atoms with E-state index in [1.807, 2.05) is 51.1 Å². The highest BCUT2D eigenvalue weighted by molar-refractivity contribution is 5.80. The summed E-state index contributed by atoms with van der Waals surface area (Å²) in [5, 5.41) is 14.7. The van der Waals surface area contributed by atoms with E-state index in [0.29, 0.717) is 5.82 Å². The Morgan fingerprint density at radius 1 is 1.16 bits per heavy atom. The molecule has 0 saturated heterocycles. The molecule has 3 aromatic rings. The van der Waals surface area contributed by atoms with Gasteiger partial charge in [-0.25, -0.2) is 22.8 Å². The molecule has 7 nitrogen and oxygen atoms in total. The Balaban J connectivity index is 2.21. The fourth-order valence-electron chi connectivity index (χ4n) is 4.19. The lowest BCUT2D eigenvalue weighted by molar-refractivity contribution is -0.145. The van der Waals surface area contributed by atoms with Gasteiger partial charge in [0.15, 0.2) is 11.6 Å². The molecule has 0 radical (unpaired) electrons. The number of nitrogens with zero attached hydrogens (tertiary/aromatic N) is 4. The third-order valence-corrected chi connectivity index (χ3v) is 6.00. The Bertz CT molecular complexity index is 1190. The Kier molecular flexibility index (Phi) is 9.09. The van der Waals surface area contributed by atoms with E-state index in [1.54, 1.807) is 4.68 Å². The van der Waals surface area contributed by atoms with Gasteiger partial charge in [-0.2, -0.15) is 5.10 Å². The first-order chi connectivity index (χ1) is 17.4. The van der Waals surface area contributed by atoms with Crippen LogP contribution in [0.1, 0.15) is 51.5 Å². The molecule has 200 valence electrons. The predicted octanol–water partition coefficient (Wildman–Crippen LogP) is 4.26. The van der Waals surface area contributed by atoms with E-state index in [0.717, 1.165) is 23.8 Å². The summed E-state index contributed by atoms with van der Waals surface area (Å²) in [6.45, 7) is 6.56. The molecule has 0 bridgehead atoms. The van der Waals surface area contributed by atoms with Crippen LogP contribution in [0.5, 0.6) is 0 Å². The van der Waals surface area contributed by atoms with E-state index in [9.17, 15) is 23.1 Å². The molecule has 37 heavy (non-hydrogen) atoms. The van der Waals surface area contributed by atoms with Crippen LogP contribution in [0.15, 0.2) is 48.5 Å². The first-order valence-corrected chi connectivity index (χ1v) is 12.2. The highest BCUT2D eigenvalue weighted by Crippen LogP contribution is 2.39. The number of hydrogen-bond acceptors (Lipinski definition) is 5. The molecule has 3 atom stereocenters. The summed E-state index contributed by atoms with van der Waals surface area (Å²) in [6.07, 6.45) is -1.18. The lowest BCUT2D eigenvalue weighted by Crippen LogP contribution is -2.47. The molecule has 0 aliphatic carbocycles. The number of amides is 1. The van der Waals surface area contributed by atoms with E-state index in [2.05, 4.69) is 10.1 Å². The van der Waals surface area contributed by atoms with Gasteiger partial charge >= 0.3 is 0 Å². The molecule has 3 N–H and O–H groups in total. The summed E-state index contributed by atoms with van der Waals surface area (Å²) in [4.78, 5) is 19.3. The first kappa shape index (κ1) is 28.3. The van der Waals surface area contributed by atoms with Crippen molar-refractivity contribution in [1.29, 1.82) is 0 Å². The zero-order chi connectivity index (χ0) is 27.3. The minimum Gasteiger partial charge on any atom is -0.384 e. The number of carbonyl (C=O) groups excluding carboxylic acids is 1. The van der Waals surface area contributed by atoms with Crippen molar-refractivity contribution >= 4 is 5.91 Å². The third kappa shape index (κ3) is 6.95. The van der Waals surface area contributed by atoms with Crippen molar-refractivity contribution in [3.05, 3.63) is 71.6 Å². The lowest BCUT2D eigenvalue weighted by atomic mass is 9.84. The smallest absolute Gasteiger partial charge is 0.251 e. The Labute approximate surface area is 215 Å². The highest BCUT2D eigenvalue weighted by atomic mass is 19.1. The van der Waals surface area contributed by atoms with E-state index < -0.39 is 47.8 Å². The molecule has 0 spiro atoms. The average molecular weight is 518 g/mol. The van der Waals surface area contributed by atoms with Crippen molar-refractivity contribution in [3.8, 4) is 11.4 Å². The second kappa shape index (κ2) is 11.9. The van der Waals surface area contributed by atoms with Gasteiger partial charge in [-0.3, -0.25) is 4.79 Å². The molecule has 1 amide bonds. The first-order valence-electron chi connectivity index (χ1n) is 12.2. The number of alkyl halides is 1. The van der Waals surface area contributed by atoms with Crippen molar-refractivity contribution in [2.75, 3.05) is 13.2 Å². The number of aliphatic hydroxyl groups excluding tert-OH is 1. The van der Waals surface area contributed by atoms with E-state index in [4.69, 9.17) is 5.73 Å². The number of benzene rings is 2. The molecular formula is C27H34F3N5O2. The zero-order valence-electron chi connectivity index (χ0n) is 21.5. The van der Waals surface area contributed by atoms with E-state index >= 15 is 0 Å². The molecular weight excluding hydrogens is 483 g/mol. The van der Waals surface area contributed by atoms with Crippen molar-refractivity contribution < 1.29 is 23.1 Å². The van der Waals surface area contributed by atoms with Gasteiger partial charge in [0.05, 0.1) is 18.2 Å². The second-order valence-corrected chi connectivity index (χ2v) is 10.2. The van der Waals surface area contributed by atoms with Crippen molar-refractivity contribution in [3.63, 3.8) is 0 Å². The van der Waals surface area contributed by atoms with Crippen LogP contribution in [0.3, 0.4) is 0 Å². The van der Waals surface area contributed by atoms with Crippen LogP contribution in [0.4, 0.5) is 13.2 Å². The lowest BCUT2D eigenvalue weighted by Gasteiger charge is -2.40. The molecule has 3 rings (SSSR count). The standard InChI is InChI=1S/C27H34F3N5O2/c1-17(36)26(37)34(13-12-20(31)15-28)23(27(2,3)4)25-32-24(21-14-19(29)10-11-22(21)30)33-35(25)16-18-8-6-5-7-9-18/h5-11,14,17,20,23,36H,12-13,15-16,31H2,1-4H3/t17-,20+,23-/m0/s1. The van der Waals surface area contributed by atoms with E-state index in [1.165, 1.54) is 11.8 Å². The fraction of sp³-hybridized carbons (Fsp3) is 0.444. The van der Waals surface area contributed by atoms with Gasteiger partial charge in [0.2, 0.25) is 0 Å². The molecule has 2 aromatic carbocycles. The fourth-order valence-corrected chi connectivity index (χ4v) is 4.19. The summed E-state index contributed by atoms with van der Waals surface area (Å²) in [7, 11) is 0. The van der Waals surface area contributed by atoms with Crippen LogP contribution in [-0.4, -0.2) is 56.0 Å². The Hall–Kier alpha value is -3.24. The molecule has 0 aliphatic heterocycles. The van der Waals surface area contributed by atoms with Crippen LogP contribution in [0, 0.1) is 17.0 Å². The minimum atomic E-state index is -1.34. The molecule has 1 heterocycles. The number of aromatic nitrogens is 3. The Morgan fingerprint density at radius 2 is 1.84 bits per heavy atom. The van der Waals surface area contributed by atoms with Crippen LogP contribution >= 0.6 is 0 Å². The van der Waals surface area contributed by atoms with Gasteiger partial charge in [0, 0.05) is 12.6 Å².